The maximum absolute atomic E-state index is 12.5. The number of hydrogen-bond donors (Lipinski definition) is 0. The summed E-state index contributed by atoms with van der Waals surface area (Å²) in [6.07, 6.45) is 2.22. The minimum Gasteiger partial charge on any atom is -0.462 e. The van der Waals surface area contributed by atoms with Crippen molar-refractivity contribution >= 4 is 35.0 Å². The van der Waals surface area contributed by atoms with E-state index in [2.05, 4.69) is 4.98 Å². The highest BCUT2D eigenvalue weighted by Gasteiger charge is 2.17. The van der Waals surface area contributed by atoms with Gasteiger partial charge in [-0.25, -0.2) is 4.79 Å². The van der Waals surface area contributed by atoms with Gasteiger partial charge in [0, 0.05) is 34.3 Å². The summed E-state index contributed by atoms with van der Waals surface area (Å²) >= 11 is 12.0. The van der Waals surface area contributed by atoms with Crippen LogP contribution in [0.5, 0.6) is 0 Å². The van der Waals surface area contributed by atoms with E-state index < -0.39 is 5.97 Å². The van der Waals surface area contributed by atoms with E-state index in [1.807, 2.05) is 6.92 Å². The van der Waals surface area contributed by atoms with Crippen molar-refractivity contribution in [2.75, 3.05) is 6.61 Å². The number of nitrogens with zero attached hydrogens (tertiary/aromatic N) is 1. The Labute approximate surface area is 157 Å². The summed E-state index contributed by atoms with van der Waals surface area (Å²) in [5.41, 5.74) is 1.86. The van der Waals surface area contributed by atoms with Crippen molar-refractivity contribution < 1.29 is 14.3 Å². The van der Waals surface area contributed by atoms with Crippen LogP contribution in [0.1, 0.15) is 35.5 Å². The zero-order valence-corrected chi connectivity index (χ0v) is 15.6. The molecule has 0 spiro atoms. The zero-order chi connectivity index (χ0) is 18.4. The van der Waals surface area contributed by atoms with Crippen LogP contribution in [0.3, 0.4) is 0 Å². The average molecular weight is 380 g/mol. The fraction of sp³-hybridized carbons (Fsp3) is 0.316. The molecule has 2 aromatic rings. The van der Waals surface area contributed by atoms with Crippen LogP contribution in [0.25, 0.3) is 0 Å². The van der Waals surface area contributed by atoms with Crippen LogP contribution >= 0.6 is 23.2 Å². The summed E-state index contributed by atoms with van der Waals surface area (Å²) in [7, 11) is 0. The van der Waals surface area contributed by atoms with E-state index in [1.165, 1.54) is 0 Å². The van der Waals surface area contributed by atoms with Gasteiger partial charge in [-0.15, -0.1) is 0 Å². The lowest BCUT2D eigenvalue weighted by Gasteiger charge is -2.12. The van der Waals surface area contributed by atoms with Gasteiger partial charge in [0.15, 0.2) is 0 Å². The smallest absolute Gasteiger partial charge is 0.338 e. The molecule has 2 rings (SSSR count). The van der Waals surface area contributed by atoms with Crippen molar-refractivity contribution in [1.29, 1.82) is 0 Å². The molecule has 0 radical (unpaired) electrons. The molecule has 1 atom stereocenters. The summed E-state index contributed by atoms with van der Waals surface area (Å²) in [5, 5.41) is 1.02. The Balaban J connectivity index is 2.03. The van der Waals surface area contributed by atoms with Gasteiger partial charge >= 0.3 is 5.97 Å². The zero-order valence-electron chi connectivity index (χ0n) is 14.1. The molecule has 1 heterocycles. The third-order valence-electron chi connectivity index (χ3n) is 3.77. The largest absolute Gasteiger partial charge is 0.462 e. The fourth-order valence-electron chi connectivity index (χ4n) is 2.39. The Bertz CT molecular complexity index is 777. The second-order valence-corrected chi connectivity index (χ2v) is 6.58. The van der Waals surface area contributed by atoms with Gasteiger partial charge < -0.3 is 4.74 Å². The standard InChI is InChI=1S/C19H19Cl2NO3/c1-3-25-19(24)14-6-7-22-16(9-14)8-12(2)18(23)10-13-4-5-15(20)11-17(13)21/h4-7,9,11-12H,3,8,10H2,1-2H3. The Hall–Kier alpha value is -1.91. The number of benzene rings is 1. The summed E-state index contributed by atoms with van der Waals surface area (Å²) in [5.74, 6) is -0.595. The van der Waals surface area contributed by atoms with Crippen LogP contribution in [-0.2, 0) is 22.4 Å². The minimum absolute atomic E-state index is 0.0487. The van der Waals surface area contributed by atoms with Gasteiger partial charge in [0.05, 0.1) is 12.2 Å². The number of carbonyl (C=O) groups excluding carboxylic acids is 2. The topological polar surface area (TPSA) is 56.3 Å². The third kappa shape index (κ3) is 5.55. The first-order chi connectivity index (χ1) is 11.9. The molecule has 0 bridgehead atoms. The van der Waals surface area contributed by atoms with E-state index in [4.69, 9.17) is 27.9 Å². The molecule has 25 heavy (non-hydrogen) atoms. The maximum atomic E-state index is 12.5. The lowest BCUT2D eigenvalue weighted by Crippen LogP contribution is -2.17. The van der Waals surface area contributed by atoms with Crippen LogP contribution in [0.15, 0.2) is 36.5 Å². The van der Waals surface area contributed by atoms with Crippen LogP contribution in [0.4, 0.5) is 0 Å². The molecule has 1 aromatic heterocycles. The molecule has 4 nitrogen and oxygen atoms in total. The van der Waals surface area contributed by atoms with E-state index in [9.17, 15) is 9.59 Å². The van der Waals surface area contributed by atoms with Gasteiger partial charge in [-0.1, -0.05) is 36.2 Å². The number of pyridine rings is 1. The van der Waals surface area contributed by atoms with Gasteiger partial charge in [-0.3, -0.25) is 9.78 Å². The van der Waals surface area contributed by atoms with E-state index in [0.717, 1.165) is 5.56 Å². The maximum Gasteiger partial charge on any atom is 0.338 e. The number of esters is 1. The monoisotopic (exact) mass is 379 g/mol. The van der Waals surface area contributed by atoms with E-state index >= 15 is 0 Å². The van der Waals surface area contributed by atoms with Crippen LogP contribution in [0, 0.1) is 5.92 Å². The number of rotatable bonds is 7. The summed E-state index contributed by atoms with van der Waals surface area (Å²) in [4.78, 5) is 28.5. The molecule has 0 saturated heterocycles. The highest BCUT2D eigenvalue weighted by atomic mass is 35.5. The third-order valence-corrected chi connectivity index (χ3v) is 4.36. The summed E-state index contributed by atoms with van der Waals surface area (Å²) in [6.45, 7) is 3.90. The summed E-state index contributed by atoms with van der Waals surface area (Å²) < 4.78 is 4.98. The first kappa shape index (κ1) is 19.4. The molecule has 0 aliphatic rings. The average Bonchev–Trinajstić information content (AvgIpc) is 2.57. The summed E-state index contributed by atoms with van der Waals surface area (Å²) in [6, 6.07) is 8.36. The molecule has 0 amide bonds. The van der Waals surface area contributed by atoms with E-state index in [0.29, 0.717) is 34.3 Å². The SMILES string of the molecule is CCOC(=O)c1ccnc(CC(C)C(=O)Cc2ccc(Cl)cc2Cl)c1. The predicted molar refractivity (Wildman–Crippen MR) is 98.2 cm³/mol. The predicted octanol–water partition coefficient (Wildman–Crippen LogP) is 4.56. The number of halogens is 2. The van der Waals surface area contributed by atoms with E-state index in [1.54, 1.807) is 43.5 Å². The van der Waals surface area contributed by atoms with Gasteiger partial charge in [0.2, 0.25) is 0 Å². The van der Waals surface area contributed by atoms with Crippen molar-refractivity contribution in [1.82, 2.24) is 4.98 Å². The number of hydrogen-bond acceptors (Lipinski definition) is 4. The minimum atomic E-state index is -0.391. The Morgan fingerprint density at radius 1 is 1.20 bits per heavy atom. The Morgan fingerprint density at radius 3 is 2.64 bits per heavy atom. The van der Waals surface area contributed by atoms with Gasteiger partial charge in [0.1, 0.15) is 5.78 Å². The van der Waals surface area contributed by atoms with E-state index in [-0.39, 0.29) is 18.1 Å². The second-order valence-electron chi connectivity index (χ2n) is 5.74. The first-order valence-corrected chi connectivity index (χ1v) is 8.75. The van der Waals surface area contributed by atoms with Crippen molar-refractivity contribution in [2.45, 2.75) is 26.7 Å². The van der Waals surface area contributed by atoms with Gasteiger partial charge in [0.25, 0.3) is 0 Å². The highest BCUT2D eigenvalue weighted by Crippen LogP contribution is 2.23. The number of Topliss-reactive ketones (excluding diaryl/α,β-unsaturated/α-hetero) is 1. The number of ether oxygens (including phenoxy) is 1. The van der Waals surface area contributed by atoms with Crippen LogP contribution in [-0.4, -0.2) is 23.3 Å². The van der Waals surface area contributed by atoms with Crippen LogP contribution in [0.2, 0.25) is 10.0 Å². The molecule has 0 aliphatic heterocycles. The molecular weight excluding hydrogens is 361 g/mol. The van der Waals surface area contributed by atoms with Gasteiger partial charge in [-0.05, 0) is 43.2 Å². The van der Waals surface area contributed by atoms with Crippen molar-refractivity contribution in [3.8, 4) is 0 Å². The number of aromatic nitrogens is 1. The lowest BCUT2D eigenvalue weighted by atomic mass is 9.95. The molecule has 0 saturated carbocycles. The van der Waals surface area contributed by atoms with Crippen molar-refractivity contribution in [3.05, 3.63) is 63.4 Å². The number of carbonyl (C=O) groups is 2. The Kier molecular flexibility index (Phi) is 6.97. The quantitative estimate of drug-likeness (QED) is 0.661. The van der Waals surface area contributed by atoms with Crippen molar-refractivity contribution in [3.63, 3.8) is 0 Å². The molecule has 0 N–H and O–H groups in total. The number of ketones is 1. The second kappa shape index (κ2) is 8.97. The normalized spacial score (nSPS) is 11.8. The van der Waals surface area contributed by atoms with Crippen molar-refractivity contribution in [2.24, 2.45) is 5.92 Å². The first-order valence-electron chi connectivity index (χ1n) is 7.99. The van der Waals surface area contributed by atoms with Gasteiger partial charge in [-0.2, -0.15) is 0 Å². The molecule has 1 aromatic carbocycles. The molecule has 0 aliphatic carbocycles. The molecular formula is C19H19Cl2NO3. The molecule has 132 valence electrons. The molecule has 1 unspecified atom stereocenters. The lowest BCUT2D eigenvalue weighted by molar-refractivity contribution is -0.121. The Morgan fingerprint density at radius 2 is 1.96 bits per heavy atom. The van der Waals surface area contributed by atoms with Crippen LogP contribution < -0.4 is 0 Å². The fourth-order valence-corrected chi connectivity index (χ4v) is 2.86. The molecule has 6 heteroatoms. The molecule has 0 fully saturated rings. The highest BCUT2D eigenvalue weighted by molar-refractivity contribution is 6.35.